The Bertz CT molecular complexity index is 634. The van der Waals surface area contributed by atoms with Crippen molar-refractivity contribution in [3.8, 4) is 0 Å². The van der Waals surface area contributed by atoms with Gasteiger partial charge in [0.2, 0.25) is 6.29 Å². The van der Waals surface area contributed by atoms with Crippen molar-refractivity contribution in [2.45, 2.75) is 55.8 Å². The van der Waals surface area contributed by atoms with Crippen LogP contribution in [0.5, 0.6) is 0 Å². The van der Waals surface area contributed by atoms with E-state index in [2.05, 4.69) is 0 Å². The molecule has 1 aromatic carbocycles. The van der Waals surface area contributed by atoms with Crippen LogP contribution >= 0.6 is 11.8 Å². The van der Waals surface area contributed by atoms with Gasteiger partial charge in [-0.25, -0.2) is 0 Å². The van der Waals surface area contributed by atoms with Crippen LogP contribution in [-0.2, 0) is 33.3 Å². The zero-order valence-electron chi connectivity index (χ0n) is 14.9. The van der Waals surface area contributed by atoms with Crippen LogP contribution < -0.4 is 0 Å². The van der Waals surface area contributed by atoms with Gasteiger partial charge in [-0.05, 0) is 12.1 Å². The van der Waals surface area contributed by atoms with E-state index < -0.39 is 36.4 Å². The maximum Gasteiger partial charge on any atom is 0.304 e. The minimum absolute atomic E-state index is 0.100. The zero-order valence-corrected chi connectivity index (χ0v) is 15.7. The number of carbonyl (C=O) groups excluding carboxylic acids is 3. The number of esters is 3. The predicted molar refractivity (Wildman–Crippen MR) is 93.3 cm³/mol. The summed E-state index contributed by atoms with van der Waals surface area (Å²) in [6, 6.07) is 9.59. The summed E-state index contributed by atoms with van der Waals surface area (Å²) in [6.45, 7) is 3.79. The molecule has 1 aromatic rings. The van der Waals surface area contributed by atoms with E-state index in [1.54, 1.807) is 0 Å². The van der Waals surface area contributed by atoms with Crippen LogP contribution in [0.25, 0.3) is 0 Å². The second-order valence-electron chi connectivity index (χ2n) is 5.80. The molecular weight excluding hydrogens is 360 g/mol. The summed E-state index contributed by atoms with van der Waals surface area (Å²) in [5.41, 5.74) is 0. The lowest BCUT2D eigenvalue weighted by Crippen LogP contribution is -2.52. The molecule has 4 atom stereocenters. The van der Waals surface area contributed by atoms with E-state index in [4.69, 9.17) is 18.9 Å². The van der Waals surface area contributed by atoms with E-state index in [1.165, 1.54) is 32.5 Å². The molecule has 2 rings (SSSR count). The third kappa shape index (κ3) is 6.34. The first-order valence-corrected chi connectivity index (χ1v) is 9.08. The predicted octanol–water partition coefficient (Wildman–Crippen LogP) is 2.32. The van der Waals surface area contributed by atoms with Gasteiger partial charge in [0.1, 0.15) is 18.8 Å². The Morgan fingerprint density at radius 3 is 2.27 bits per heavy atom. The van der Waals surface area contributed by atoms with Crippen molar-refractivity contribution in [3.05, 3.63) is 30.3 Å². The van der Waals surface area contributed by atoms with Gasteiger partial charge < -0.3 is 18.9 Å². The van der Waals surface area contributed by atoms with Crippen molar-refractivity contribution in [1.82, 2.24) is 0 Å². The Balaban J connectivity index is 2.22. The number of benzene rings is 1. The molecule has 1 aliphatic rings. The summed E-state index contributed by atoms with van der Waals surface area (Å²) in [5.74, 6) is -1.41. The summed E-state index contributed by atoms with van der Waals surface area (Å²) >= 11 is 1.49. The van der Waals surface area contributed by atoms with E-state index in [-0.39, 0.29) is 11.9 Å². The van der Waals surface area contributed by atoms with E-state index in [0.29, 0.717) is 6.42 Å². The molecule has 0 bridgehead atoms. The van der Waals surface area contributed by atoms with Crippen LogP contribution in [0.3, 0.4) is 0 Å². The van der Waals surface area contributed by atoms with Gasteiger partial charge in [-0.1, -0.05) is 18.2 Å². The third-order valence-corrected chi connectivity index (χ3v) is 4.87. The molecule has 1 fully saturated rings. The minimum Gasteiger partial charge on any atom is -0.463 e. The Kier molecular flexibility index (Phi) is 7.47. The van der Waals surface area contributed by atoms with Gasteiger partial charge >= 0.3 is 17.9 Å². The lowest BCUT2D eigenvalue weighted by atomic mass is 10.0. The topological polar surface area (TPSA) is 88.1 Å². The summed E-state index contributed by atoms with van der Waals surface area (Å²) in [6.07, 6.45) is -1.85. The summed E-state index contributed by atoms with van der Waals surface area (Å²) in [7, 11) is 0. The fourth-order valence-corrected chi connectivity index (χ4v) is 3.90. The summed E-state index contributed by atoms with van der Waals surface area (Å²) in [5, 5.41) is -0.236. The number of rotatable bonds is 6. The highest BCUT2D eigenvalue weighted by molar-refractivity contribution is 8.00. The Hall–Kier alpha value is -2.06. The summed E-state index contributed by atoms with van der Waals surface area (Å²) in [4.78, 5) is 35.0. The van der Waals surface area contributed by atoms with Gasteiger partial charge in [-0.15, -0.1) is 11.8 Å². The van der Waals surface area contributed by atoms with Gasteiger partial charge in [-0.3, -0.25) is 14.4 Å². The average Bonchev–Trinajstić information content (AvgIpc) is 2.55. The highest BCUT2D eigenvalue weighted by atomic mass is 32.2. The normalized spacial score (nSPS) is 25.2. The zero-order chi connectivity index (χ0) is 19.1. The van der Waals surface area contributed by atoms with Crippen molar-refractivity contribution in [2.75, 3.05) is 6.61 Å². The highest BCUT2D eigenvalue weighted by Gasteiger charge is 2.43. The molecule has 26 heavy (non-hydrogen) atoms. The van der Waals surface area contributed by atoms with Crippen molar-refractivity contribution in [2.24, 2.45) is 0 Å². The van der Waals surface area contributed by atoms with Crippen LogP contribution in [0.15, 0.2) is 35.2 Å². The Morgan fingerprint density at radius 2 is 1.69 bits per heavy atom. The van der Waals surface area contributed by atoms with Gasteiger partial charge in [0, 0.05) is 32.1 Å². The molecule has 7 nitrogen and oxygen atoms in total. The molecule has 1 saturated heterocycles. The molecule has 0 aromatic heterocycles. The SMILES string of the molecule is CC(=O)OC[C@H]1O[C@@H](OC(C)=O)C[C@@H](Sc2ccccc2)[C@@H]1OC(C)=O. The van der Waals surface area contributed by atoms with Gasteiger partial charge in [0.05, 0.1) is 5.25 Å². The number of hydrogen-bond donors (Lipinski definition) is 0. The van der Waals surface area contributed by atoms with Gasteiger partial charge in [0.25, 0.3) is 0 Å². The van der Waals surface area contributed by atoms with Crippen molar-refractivity contribution in [3.63, 3.8) is 0 Å². The van der Waals surface area contributed by atoms with Crippen molar-refractivity contribution >= 4 is 29.7 Å². The lowest BCUT2D eigenvalue weighted by Gasteiger charge is -2.39. The second kappa shape index (κ2) is 9.59. The second-order valence-corrected chi connectivity index (χ2v) is 7.11. The molecule has 0 radical (unpaired) electrons. The molecular formula is C18H22O7S. The smallest absolute Gasteiger partial charge is 0.304 e. The molecule has 8 heteroatoms. The van der Waals surface area contributed by atoms with E-state index >= 15 is 0 Å². The standard InChI is InChI=1S/C18H22O7S/c1-11(19)22-10-15-18(24-13(3)21)16(9-17(25-15)23-12(2)20)26-14-7-5-4-6-8-14/h4-8,15-18H,9-10H2,1-3H3/t15-,16-,17-,18-/m1/s1. The average molecular weight is 382 g/mol. The molecule has 142 valence electrons. The van der Waals surface area contributed by atoms with Crippen LogP contribution in [-0.4, -0.2) is 48.3 Å². The number of thioether (sulfide) groups is 1. The molecule has 0 N–H and O–H groups in total. The van der Waals surface area contributed by atoms with Crippen molar-refractivity contribution < 1.29 is 33.3 Å². The van der Waals surface area contributed by atoms with Crippen LogP contribution in [0.2, 0.25) is 0 Å². The monoisotopic (exact) mass is 382 g/mol. The summed E-state index contributed by atoms with van der Waals surface area (Å²) < 4.78 is 21.4. The molecule has 0 unspecified atom stereocenters. The van der Waals surface area contributed by atoms with Gasteiger partial charge in [-0.2, -0.15) is 0 Å². The number of carbonyl (C=O) groups is 3. The number of ether oxygens (including phenoxy) is 4. The first-order valence-electron chi connectivity index (χ1n) is 8.20. The van der Waals surface area contributed by atoms with Gasteiger partial charge in [0.15, 0.2) is 0 Å². The molecule has 0 amide bonds. The Labute approximate surface area is 156 Å². The first-order chi connectivity index (χ1) is 12.3. The third-order valence-electron chi connectivity index (χ3n) is 3.57. The molecule has 0 saturated carbocycles. The quantitative estimate of drug-likeness (QED) is 0.547. The van der Waals surface area contributed by atoms with Crippen molar-refractivity contribution in [1.29, 1.82) is 0 Å². The fourth-order valence-electron chi connectivity index (χ4n) is 2.62. The van der Waals surface area contributed by atoms with Crippen LogP contribution in [0.4, 0.5) is 0 Å². The van der Waals surface area contributed by atoms with Crippen LogP contribution in [0.1, 0.15) is 27.2 Å². The number of hydrogen-bond acceptors (Lipinski definition) is 8. The largest absolute Gasteiger partial charge is 0.463 e. The molecule has 1 aliphatic heterocycles. The molecule has 0 spiro atoms. The highest BCUT2D eigenvalue weighted by Crippen LogP contribution is 2.36. The van der Waals surface area contributed by atoms with Crippen LogP contribution in [0, 0.1) is 0 Å². The maximum absolute atomic E-state index is 11.6. The molecule has 1 heterocycles. The van der Waals surface area contributed by atoms with E-state index in [9.17, 15) is 14.4 Å². The first kappa shape index (κ1) is 20.3. The van der Waals surface area contributed by atoms with E-state index in [0.717, 1.165) is 4.90 Å². The Morgan fingerprint density at radius 1 is 1.04 bits per heavy atom. The van der Waals surface area contributed by atoms with E-state index in [1.807, 2.05) is 30.3 Å². The lowest BCUT2D eigenvalue weighted by molar-refractivity contribution is -0.232. The maximum atomic E-state index is 11.6. The molecule has 0 aliphatic carbocycles. The minimum atomic E-state index is -0.805. The fraction of sp³-hybridized carbons (Fsp3) is 0.500.